The van der Waals surface area contributed by atoms with Gasteiger partial charge in [0, 0.05) is 6.42 Å². The van der Waals surface area contributed by atoms with Crippen LogP contribution in [0.4, 0.5) is 0 Å². The van der Waals surface area contributed by atoms with Crippen LogP contribution in [0.3, 0.4) is 0 Å². The molecular weight excluding hydrogens is 154 g/mol. The highest BCUT2D eigenvalue weighted by Crippen LogP contribution is 2.27. The Bertz CT molecular complexity index is 143. The minimum absolute atomic E-state index is 0.108. The lowest BCUT2D eigenvalue weighted by molar-refractivity contribution is -0.140. The highest BCUT2D eigenvalue weighted by Gasteiger charge is 2.19. The van der Waals surface area contributed by atoms with Gasteiger partial charge in [-0.05, 0) is 38.3 Å². The smallest absolute Gasteiger partial charge is 0.305 e. The van der Waals surface area contributed by atoms with Crippen molar-refractivity contribution >= 4 is 5.97 Å². The van der Waals surface area contributed by atoms with Crippen molar-refractivity contribution in [1.29, 1.82) is 0 Å². The van der Waals surface area contributed by atoms with Crippen molar-refractivity contribution < 1.29 is 9.53 Å². The number of methoxy groups -OCH3 is 1. The third-order valence-electron chi connectivity index (χ3n) is 2.09. The summed E-state index contributed by atoms with van der Waals surface area (Å²) in [6.07, 6.45) is 4.18. The van der Waals surface area contributed by atoms with Gasteiger partial charge in [0.1, 0.15) is 0 Å². The van der Waals surface area contributed by atoms with Gasteiger partial charge in [-0.15, -0.1) is 0 Å². The molecule has 3 heteroatoms. The second-order valence-corrected chi connectivity index (χ2v) is 3.33. The van der Waals surface area contributed by atoms with Gasteiger partial charge in [-0.3, -0.25) is 4.79 Å². The Morgan fingerprint density at radius 2 is 2.33 bits per heavy atom. The molecule has 0 radical (unpaired) electrons. The van der Waals surface area contributed by atoms with Gasteiger partial charge in [0.15, 0.2) is 0 Å². The van der Waals surface area contributed by atoms with Crippen molar-refractivity contribution in [3.8, 4) is 0 Å². The molecule has 1 fully saturated rings. The molecule has 70 valence electrons. The molecule has 0 aromatic rings. The second-order valence-electron chi connectivity index (χ2n) is 3.33. The molecule has 0 heterocycles. The van der Waals surface area contributed by atoms with Gasteiger partial charge in [0.05, 0.1) is 7.11 Å². The van der Waals surface area contributed by atoms with Crippen LogP contribution in [0, 0.1) is 5.92 Å². The summed E-state index contributed by atoms with van der Waals surface area (Å²) >= 11 is 0. The van der Waals surface area contributed by atoms with E-state index in [0.717, 1.165) is 25.4 Å². The molecule has 1 N–H and O–H groups in total. The fraction of sp³-hybridized carbons (Fsp3) is 0.889. The summed E-state index contributed by atoms with van der Waals surface area (Å²) in [5.74, 6) is 0.811. The molecule has 1 aliphatic carbocycles. The highest BCUT2D eigenvalue weighted by atomic mass is 16.5. The zero-order valence-corrected chi connectivity index (χ0v) is 7.64. The van der Waals surface area contributed by atoms with Crippen molar-refractivity contribution in [2.75, 3.05) is 20.2 Å². The summed E-state index contributed by atoms with van der Waals surface area (Å²) in [6, 6.07) is 0. The molecule has 1 saturated carbocycles. The molecule has 0 saturated heterocycles. The normalized spacial score (nSPS) is 16.1. The summed E-state index contributed by atoms with van der Waals surface area (Å²) in [7, 11) is 1.43. The first-order valence-electron chi connectivity index (χ1n) is 4.60. The van der Waals surface area contributed by atoms with Gasteiger partial charge in [-0.1, -0.05) is 0 Å². The average molecular weight is 171 g/mol. The van der Waals surface area contributed by atoms with Crippen molar-refractivity contribution in [3.05, 3.63) is 0 Å². The van der Waals surface area contributed by atoms with E-state index in [0.29, 0.717) is 6.42 Å². The number of carbonyl (C=O) groups is 1. The van der Waals surface area contributed by atoms with Crippen molar-refractivity contribution in [2.24, 2.45) is 5.92 Å². The van der Waals surface area contributed by atoms with Crippen LogP contribution in [0.1, 0.15) is 25.7 Å². The first kappa shape index (κ1) is 9.52. The van der Waals surface area contributed by atoms with Gasteiger partial charge in [-0.2, -0.15) is 0 Å². The van der Waals surface area contributed by atoms with Crippen LogP contribution in [0.5, 0.6) is 0 Å². The number of ether oxygens (including phenoxy) is 1. The maximum Gasteiger partial charge on any atom is 0.305 e. The van der Waals surface area contributed by atoms with E-state index in [-0.39, 0.29) is 5.97 Å². The van der Waals surface area contributed by atoms with E-state index in [1.54, 1.807) is 0 Å². The molecule has 0 bridgehead atoms. The van der Waals surface area contributed by atoms with E-state index in [1.165, 1.54) is 20.0 Å². The molecule has 12 heavy (non-hydrogen) atoms. The SMILES string of the molecule is COC(=O)CCCNCC1CC1. The summed E-state index contributed by atoms with van der Waals surface area (Å²) in [4.78, 5) is 10.7. The summed E-state index contributed by atoms with van der Waals surface area (Å²) in [6.45, 7) is 2.06. The molecule has 1 rings (SSSR count). The maximum absolute atomic E-state index is 10.7. The lowest BCUT2D eigenvalue weighted by Gasteiger charge is -2.01. The van der Waals surface area contributed by atoms with Crippen molar-refractivity contribution in [1.82, 2.24) is 5.32 Å². The van der Waals surface area contributed by atoms with Crippen LogP contribution < -0.4 is 5.32 Å². The first-order valence-corrected chi connectivity index (χ1v) is 4.60. The fourth-order valence-electron chi connectivity index (χ4n) is 1.09. The molecule has 0 unspecified atom stereocenters. The second kappa shape index (κ2) is 5.14. The molecule has 0 atom stereocenters. The van der Waals surface area contributed by atoms with Gasteiger partial charge in [0.2, 0.25) is 0 Å². The van der Waals surface area contributed by atoms with E-state index in [1.807, 2.05) is 0 Å². The van der Waals surface area contributed by atoms with E-state index >= 15 is 0 Å². The highest BCUT2D eigenvalue weighted by molar-refractivity contribution is 5.68. The van der Waals surface area contributed by atoms with Crippen molar-refractivity contribution in [2.45, 2.75) is 25.7 Å². The Kier molecular flexibility index (Phi) is 4.08. The number of carbonyl (C=O) groups excluding carboxylic acids is 1. The molecule has 0 aromatic carbocycles. The number of hydrogen-bond acceptors (Lipinski definition) is 3. The Labute approximate surface area is 73.5 Å². The molecule has 0 spiro atoms. The lowest BCUT2D eigenvalue weighted by atomic mass is 10.3. The predicted octanol–water partition coefficient (Wildman–Crippen LogP) is 0.939. The van der Waals surface area contributed by atoms with Crippen LogP contribution in [0.15, 0.2) is 0 Å². The molecule has 0 aliphatic heterocycles. The van der Waals surface area contributed by atoms with E-state index in [2.05, 4.69) is 10.1 Å². The standard InChI is InChI=1S/C9H17NO2/c1-12-9(11)3-2-6-10-7-8-4-5-8/h8,10H,2-7H2,1H3. The number of nitrogens with one attached hydrogen (secondary N) is 1. The Morgan fingerprint density at radius 3 is 2.92 bits per heavy atom. The van der Waals surface area contributed by atoms with Gasteiger partial charge < -0.3 is 10.1 Å². The molecular formula is C9H17NO2. The van der Waals surface area contributed by atoms with Crippen LogP contribution in [0.25, 0.3) is 0 Å². The average Bonchev–Trinajstić information content (AvgIpc) is 2.87. The Morgan fingerprint density at radius 1 is 1.58 bits per heavy atom. The van der Waals surface area contributed by atoms with Crippen LogP contribution in [-0.2, 0) is 9.53 Å². The summed E-state index contributed by atoms with van der Waals surface area (Å²) in [5.41, 5.74) is 0. The zero-order valence-electron chi connectivity index (χ0n) is 7.64. The molecule has 0 amide bonds. The van der Waals surface area contributed by atoms with E-state index in [4.69, 9.17) is 0 Å². The van der Waals surface area contributed by atoms with Gasteiger partial charge in [0.25, 0.3) is 0 Å². The van der Waals surface area contributed by atoms with Crippen LogP contribution in [-0.4, -0.2) is 26.2 Å². The minimum atomic E-state index is -0.108. The number of esters is 1. The van der Waals surface area contributed by atoms with E-state index in [9.17, 15) is 4.79 Å². The third kappa shape index (κ3) is 4.34. The fourth-order valence-corrected chi connectivity index (χ4v) is 1.09. The minimum Gasteiger partial charge on any atom is -0.469 e. The largest absolute Gasteiger partial charge is 0.469 e. The van der Waals surface area contributed by atoms with E-state index < -0.39 is 0 Å². The lowest BCUT2D eigenvalue weighted by Crippen LogP contribution is -2.19. The van der Waals surface area contributed by atoms with Gasteiger partial charge >= 0.3 is 5.97 Å². The zero-order chi connectivity index (χ0) is 8.81. The summed E-state index contributed by atoms with van der Waals surface area (Å²) < 4.78 is 4.52. The number of hydrogen-bond donors (Lipinski definition) is 1. The predicted molar refractivity (Wildman–Crippen MR) is 46.8 cm³/mol. The Hall–Kier alpha value is -0.570. The Balaban J connectivity index is 1.78. The van der Waals surface area contributed by atoms with Gasteiger partial charge in [-0.25, -0.2) is 0 Å². The quantitative estimate of drug-likeness (QED) is 0.477. The van der Waals surface area contributed by atoms with Crippen molar-refractivity contribution in [3.63, 3.8) is 0 Å². The molecule has 3 nitrogen and oxygen atoms in total. The van der Waals surface area contributed by atoms with Crippen LogP contribution in [0.2, 0.25) is 0 Å². The molecule has 0 aromatic heterocycles. The first-order chi connectivity index (χ1) is 5.83. The maximum atomic E-state index is 10.7. The van der Waals surface area contributed by atoms with Crippen LogP contribution >= 0.6 is 0 Å². The third-order valence-corrected chi connectivity index (χ3v) is 2.09. The summed E-state index contributed by atoms with van der Waals surface area (Å²) in [5, 5.41) is 3.32. The number of rotatable bonds is 6. The monoisotopic (exact) mass is 171 g/mol. The topological polar surface area (TPSA) is 38.3 Å². The molecule has 1 aliphatic rings.